The number of carbonyl (C=O) groups is 1. The monoisotopic (exact) mass is 260 g/mol. The maximum absolute atomic E-state index is 11.5. The molecular weight excluding hydrogens is 242 g/mol. The highest BCUT2D eigenvalue weighted by Crippen LogP contribution is 2.11. The second-order valence-electron chi connectivity index (χ2n) is 4.42. The van der Waals surface area contributed by atoms with Gasteiger partial charge in [0, 0.05) is 6.08 Å². The van der Waals surface area contributed by atoms with E-state index in [0.29, 0.717) is 24.5 Å². The Morgan fingerprint density at radius 1 is 1.47 bits per heavy atom. The van der Waals surface area contributed by atoms with Crippen LogP contribution in [-0.2, 0) is 4.79 Å². The lowest BCUT2D eigenvalue weighted by molar-refractivity contribution is -0.455. The summed E-state index contributed by atoms with van der Waals surface area (Å²) in [7, 11) is 0. The average molecular weight is 260 g/mol. The molecule has 0 saturated carbocycles. The van der Waals surface area contributed by atoms with Crippen LogP contribution in [0.3, 0.4) is 0 Å². The van der Waals surface area contributed by atoms with Crippen molar-refractivity contribution in [3.63, 3.8) is 0 Å². The molecule has 1 amide bonds. The first-order chi connectivity index (χ1) is 9.15. The van der Waals surface area contributed by atoms with E-state index in [-0.39, 0.29) is 12.5 Å². The van der Waals surface area contributed by atoms with Crippen LogP contribution >= 0.6 is 0 Å². The molecule has 0 saturated heterocycles. The second kappa shape index (κ2) is 6.04. The van der Waals surface area contributed by atoms with E-state index in [2.05, 4.69) is 10.3 Å². The summed E-state index contributed by atoms with van der Waals surface area (Å²) in [6, 6.07) is 7.73. The Labute approximate surface area is 112 Å². The van der Waals surface area contributed by atoms with Crippen LogP contribution < -0.4 is 20.8 Å². The molecule has 4 N–H and O–H groups in total. The minimum absolute atomic E-state index is 0.135. The average Bonchev–Trinajstić information content (AvgIpc) is 2.41. The molecule has 0 spiro atoms. The van der Waals surface area contributed by atoms with Crippen molar-refractivity contribution in [2.24, 2.45) is 5.73 Å². The minimum atomic E-state index is -0.135. The number of hydrogen-bond acceptors (Lipinski definition) is 3. The van der Waals surface area contributed by atoms with Gasteiger partial charge in [0.1, 0.15) is 12.4 Å². The SMILES string of the molecule is Cc1ccc(OCC(N)=CC2=[NH+]CCNC2=O)cc1. The molecule has 1 aliphatic heterocycles. The van der Waals surface area contributed by atoms with Crippen LogP contribution in [-0.4, -0.2) is 31.3 Å². The van der Waals surface area contributed by atoms with Crippen LogP contribution in [0.5, 0.6) is 5.75 Å². The van der Waals surface area contributed by atoms with Gasteiger partial charge >= 0.3 is 5.91 Å². The molecule has 0 atom stereocenters. The first kappa shape index (κ1) is 13.1. The number of carbonyl (C=O) groups excluding carboxylic acids is 1. The van der Waals surface area contributed by atoms with Crippen LogP contribution in [0.25, 0.3) is 0 Å². The molecule has 1 heterocycles. The van der Waals surface area contributed by atoms with Crippen LogP contribution in [0, 0.1) is 6.92 Å². The maximum Gasteiger partial charge on any atom is 0.315 e. The van der Waals surface area contributed by atoms with Gasteiger partial charge in [-0.3, -0.25) is 4.79 Å². The quantitative estimate of drug-likeness (QED) is 0.641. The fourth-order valence-electron chi connectivity index (χ4n) is 1.69. The van der Waals surface area contributed by atoms with Gasteiger partial charge in [-0.15, -0.1) is 0 Å². The summed E-state index contributed by atoms with van der Waals surface area (Å²) >= 11 is 0. The van der Waals surface area contributed by atoms with Crippen molar-refractivity contribution >= 4 is 11.6 Å². The fourth-order valence-corrected chi connectivity index (χ4v) is 1.69. The highest BCUT2D eigenvalue weighted by atomic mass is 16.5. The Morgan fingerprint density at radius 3 is 2.89 bits per heavy atom. The number of hydrogen-bond donors (Lipinski definition) is 3. The van der Waals surface area contributed by atoms with Crippen molar-refractivity contribution in [3.8, 4) is 5.75 Å². The lowest BCUT2D eigenvalue weighted by Crippen LogP contribution is -2.80. The van der Waals surface area contributed by atoms with Crippen LogP contribution in [0.2, 0.25) is 0 Å². The molecular formula is C14H18N3O2+. The Hall–Kier alpha value is -2.30. The summed E-state index contributed by atoms with van der Waals surface area (Å²) in [4.78, 5) is 14.5. The smallest absolute Gasteiger partial charge is 0.315 e. The number of benzene rings is 1. The summed E-state index contributed by atoms with van der Waals surface area (Å²) < 4.78 is 5.53. The number of amides is 1. The van der Waals surface area contributed by atoms with Crippen LogP contribution in [0.1, 0.15) is 5.56 Å². The molecule has 5 heteroatoms. The lowest BCUT2D eigenvalue weighted by Gasteiger charge is -2.08. The van der Waals surface area contributed by atoms with E-state index in [1.54, 1.807) is 6.08 Å². The number of rotatable bonds is 4. The third kappa shape index (κ3) is 3.84. The highest BCUT2D eigenvalue weighted by Gasteiger charge is 2.18. The normalized spacial score (nSPS) is 15.7. The van der Waals surface area contributed by atoms with Gasteiger partial charge in [0.15, 0.2) is 6.54 Å². The molecule has 0 unspecified atom stereocenters. The molecule has 0 aliphatic carbocycles. The van der Waals surface area contributed by atoms with Gasteiger partial charge in [0.25, 0.3) is 5.71 Å². The Kier molecular flexibility index (Phi) is 4.18. The predicted molar refractivity (Wildman–Crippen MR) is 72.8 cm³/mol. The third-order valence-corrected chi connectivity index (χ3v) is 2.73. The van der Waals surface area contributed by atoms with Gasteiger partial charge in [-0.1, -0.05) is 17.7 Å². The van der Waals surface area contributed by atoms with E-state index in [4.69, 9.17) is 10.5 Å². The predicted octanol–water partition coefficient (Wildman–Crippen LogP) is -1.13. The number of ether oxygens (including phenoxy) is 1. The van der Waals surface area contributed by atoms with Gasteiger partial charge in [-0.25, -0.2) is 4.99 Å². The van der Waals surface area contributed by atoms with E-state index >= 15 is 0 Å². The molecule has 1 aliphatic rings. The molecule has 2 rings (SSSR count). The number of nitrogens with one attached hydrogen (secondary N) is 2. The summed E-state index contributed by atoms with van der Waals surface area (Å²) in [6.07, 6.45) is 1.61. The van der Waals surface area contributed by atoms with Gasteiger partial charge in [0.2, 0.25) is 0 Å². The summed E-state index contributed by atoms with van der Waals surface area (Å²) in [6.45, 7) is 3.61. The second-order valence-corrected chi connectivity index (χ2v) is 4.42. The molecule has 0 bridgehead atoms. The topological polar surface area (TPSA) is 78.3 Å². The van der Waals surface area contributed by atoms with Crippen molar-refractivity contribution in [2.45, 2.75) is 6.92 Å². The molecule has 19 heavy (non-hydrogen) atoms. The van der Waals surface area contributed by atoms with Crippen molar-refractivity contribution in [1.29, 1.82) is 0 Å². The zero-order chi connectivity index (χ0) is 13.7. The molecule has 0 fully saturated rings. The van der Waals surface area contributed by atoms with Crippen molar-refractivity contribution in [1.82, 2.24) is 5.32 Å². The van der Waals surface area contributed by atoms with Crippen LogP contribution in [0.15, 0.2) is 36.0 Å². The van der Waals surface area contributed by atoms with E-state index in [9.17, 15) is 4.79 Å². The minimum Gasteiger partial charge on any atom is -0.487 e. The molecule has 0 radical (unpaired) electrons. The van der Waals surface area contributed by atoms with Crippen molar-refractivity contribution in [3.05, 3.63) is 41.6 Å². The maximum atomic E-state index is 11.5. The summed E-state index contributed by atoms with van der Waals surface area (Å²) in [5.41, 5.74) is 8.00. The number of aryl methyl sites for hydroxylation is 1. The van der Waals surface area contributed by atoms with E-state index < -0.39 is 0 Å². The molecule has 100 valence electrons. The number of nitrogens with two attached hydrogens (primary N) is 1. The standard InChI is InChI=1S/C14H17N3O2/c1-10-2-4-12(5-3-10)19-9-11(15)8-13-14(18)17-7-6-16-13/h2-5,8H,6-7,9,15H2,1H3,(H,17,18)/p+1. The van der Waals surface area contributed by atoms with E-state index in [1.165, 1.54) is 5.56 Å². The zero-order valence-corrected chi connectivity index (χ0v) is 10.9. The lowest BCUT2D eigenvalue weighted by atomic mass is 10.2. The van der Waals surface area contributed by atoms with E-state index in [0.717, 1.165) is 5.75 Å². The molecule has 0 aromatic heterocycles. The third-order valence-electron chi connectivity index (χ3n) is 2.73. The molecule has 5 nitrogen and oxygen atoms in total. The van der Waals surface area contributed by atoms with Gasteiger partial charge in [0.05, 0.1) is 12.2 Å². The van der Waals surface area contributed by atoms with Gasteiger partial charge in [-0.05, 0) is 19.1 Å². The van der Waals surface area contributed by atoms with Crippen LogP contribution in [0.4, 0.5) is 0 Å². The highest BCUT2D eigenvalue weighted by molar-refractivity contribution is 6.41. The Balaban J connectivity index is 1.93. The Bertz CT molecular complexity index is 518. The first-order valence-electron chi connectivity index (χ1n) is 6.19. The van der Waals surface area contributed by atoms with Crippen molar-refractivity contribution in [2.75, 3.05) is 19.7 Å². The molecule has 1 aromatic carbocycles. The van der Waals surface area contributed by atoms with E-state index in [1.807, 2.05) is 31.2 Å². The Morgan fingerprint density at radius 2 is 2.21 bits per heavy atom. The van der Waals surface area contributed by atoms with Gasteiger partial charge in [-0.2, -0.15) is 0 Å². The first-order valence-corrected chi connectivity index (χ1v) is 6.19. The van der Waals surface area contributed by atoms with Gasteiger partial charge < -0.3 is 15.8 Å². The molecule has 1 aromatic rings. The summed E-state index contributed by atoms with van der Waals surface area (Å²) in [5, 5.41) is 2.74. The summed E-state index contributed by atoms with van der Waals surface area (Å²) in [5.74, 6) is 0.623. The fraction of sp³-hybridized carbons (Fsp3) is 0.286. The zero-order valence-electron chi connectivity index (χ0n) is 10.9. The largest absolute Gasteiger partial charge is 0.487 e. The van der Waals surface area contributed by atoms with Crippen molar-refractivity contribution < 1.29 is 14.5 Å².